The Bertz CT molecular complexity index is 947. The molecule has 6 heteroatoms. The summed E-state index contributed by atoms with van der Waals surface area (Å²) in [5, 5.41) is 5.56. The molecule has 162 valence electrons. The second kappa shape index (κ2) is 9.69. The summed E-state index contributed by atoms with van der Waals surface area (Å²) in [4.78, 5) is 25.1. The standard InChI is InChI=1S/C25H28N2O4/c1-17-22(24(28)31-21-10-6-3-7-11-21)23(27-25(29)26-17)19-12-14-20(15-13-19)30-16-18-8-4-2-5-9-18/h2,4-5,8-9,12-15,21,23H,3,6-7,10-11,16H2,1H3,(H2,26,27,29)/t23-/m0/s1. The van der Waals surface area contributed by atoms with E-state index in [1.165, 1.54) is 6.42 Å². The van der Waals surface area contributed by atoms with Crippen LogP contribution in [-0.2, 0) is 16.1 Å². The van der Waals surface area contributed by atoms with Crippen LogP contribution < -0.4 is 15.4 Å². The van der Waals surface area contributed by atoms with Crippen LogP contribution in [0.5, 0.6) is 5.75 Å². The zero-order valence-electron chi connectivity index (χ0n) is 17.7. The van der Waals surface area contributed by atoms with Crippen LogP contribution in [0.25, 0.3) is 0 Å². The van der Waals surface area contributed by atoms with Crippen molar-refractivity contribution in [2.75, 3.05) is 0 Å². The average molecular weight is 421 g/mol. The highest BCUT2D eigenvalue weighted by Gasteiger charge is 2.33. The van der Waals surface area contributed by atoms with E-state index in [9.17, 15) is 9.59 Å². The van der Waals surface area contributed by atoms with Gasteiger partial charge in [0.25, 0.3) is 0 Å². The number of amides is 2. The second-order valence-corrected chi connectivity index (χ2v) is 8.08. The molecule has 0 aromatic heterocycles. The molecule has 2 aromatic carbocycles. The molecule has 2 N–H and O–H groups in total. The van der Waals surface area contributed by atoms with E-state index in [-0.39, 0.29) is 18.1 Å². The van der Waals surface area contributed by atoms with Crippen LogP contribution in [0.15, 0.2) is 65.9 Å². The van der Waals surface area contributed by atoms with Crippen LogP contribution in [0.4, 0.5) is 4.79 Å². The molecule has 1 aliphatic heterocycles. The number of nitrogens with one attached hydrogen (secondary N) is 2. The number of carbonyl (C=O) groups excluding carboxylic acids is 2. The van der Waals surface area contributed by atoms with Gasteiger partial charge in [-0.05, 0) is 55.9 Å². The fourth-order valence-corrected chi connectivity index (χ4v) is 4.11. The number of hydrogen-bond acceptors (Lipinski definition) is 4. The number of rotatable bonds is 6. The van der Waals surface area contributed by atoms with Gasteiger partial charge in [-0.15, -0.1) is 0 Å². The van der Waals surface area contributed by atoms with Crippen molar-refractivity contribution in [1.29, 1.82) is 0 Å². The molecule has 1 atom stereocenters. The number of urea groups is 1. The van der Waals surface area contributed by atoms with E-state index in [0.29, 0.717) is 17.9 Å². The van der Waals surface area contributed by atoms with Gasteiger partial charge in [-0.3, -0.25) is 0 Å². The Kier molecular flexibility index (Phi) is 6.55. The normalized spacial score (nSPS) is 19.4. The number of esters is 1. The Hall–Kier alpha value is -3.28. The molecule has 0 radical (unpaired) electrons. The maximum absolute atomic E-state index is 13.0. The number of carbonyl (C=O) groups is 2. The fourth-order valence-electron chi connectivity index (χ4n) is 4.11. The van der Waals surface area contributed by atoms with Gasteiger partial charge >= 0.3 is 12.0 Å². The molecule has 6 nitrogen and oxygen atoms in total. The third-order valence-electron chi connectivity index (χ3n) is 5.78. The van der Waals surface area contributed by atoms with Crippen LogP contribution in [0.2, 0.25) is 0 Å². The van der Waals surface area contributed by atoms with Gasteiger partial charge in [0, 0.05) is 5.70 Å². The van der Waals surface area contributed by atoms with Crippen molar-refractivity contribution in [3.05, 3.63) is 77.0 Å². The van der Waals surface area contributed by atoms with Gasteiger partial charge in [-0.2, -0.15) is 0 Å². The summed E-state index contributed by atoms with van der Waals surface area (Å²) < 4.78 is 11.6. The Morgan fingerprint density at radius 3 is 2.42 bits per heavy atom. The highest BCUT2D eigenvalue weighted by atomic mass is 16.5. The first-order valence-corrected chi connectivity index (χ1v) is 10.9. The highest BCUT2D eigenvalue weighted by molar-refractivity contribution is 5.95. The van der Waals surface area contributed by atoms with Crippen molar-refractivity contribution < 1.29 is 19.1 Å². The molecule has 2 aliphatic rings. The SMILES string of the molecule is CC1=C(C(=O)OC2CCCCC2)[C@H](c2ccc(OCc3ccccc3)cc2)NC(=O)N1. The van der Waals surface area contributed by atoms with Gasteiger partial charge in [0.05, 0.1) is 11.6 Å². The van der Waals surface area contributed by atoms with Crippen LogP contribution in [-0.4, -0.2) is 18.1 Å². The minimum absolute atomic E-state index is 0.0476. The topological polar surface area (TPSA) is 76.7 Å². The maximum atomic E-state index is 13.0. The summed E-state index contributed by atoms with van der Waals surface area (Å²) in [6.07, 6.45) is 5.10. The first-order chi connectivity index (χ1) is 15.1. The fraction of sp³-hybridized carbons (Fsp3) is 0.360. The van der Waals surface area contributed by atoms with Crippen molar-refractivity contribution >= 4 is 12.0 Å². The molecule has 1 fully saturated rings. The molecule has 4 rings (SSSR count). The van der Waals surface area contributed by atoms with E-state index >= 15 is 0 Å². The number of ether oxygens (including phenoxy) is 2. The third kappa shape index (κ3) is 5.26. The molecule has 1 aliphatic carbocycles. The largest absolute Gasteiger partial charge is 0.489 e. The Balaban J connectivity index is 1.48. The first-order valence-electron chi connectivity index (χ1n) is 10.9. The van der Waals surface area contributed by atoms with Gasteiger partial charge in [-0.1, -0.05) is 48.9 Å². The number of hydrogen-bond donors (Lipinski definition) is 2. The number of allylic oxidation sites excluding steroid dienone is 1. The second-order valence-electron chi connectivity index (χ2n) is 8.08. The van der Waals surface area contributed by atoms with E-state index in [2.05, 4.69) is 10.6 Å². The zero-order chi connectivity index (χ0) is 21.6. The van der Waals surface area contributed by atoms with Crippen LogP contribution in [0, 0.1) is 0 Å². The van der Waals surface area contributed by atoms with E-state index < -0.39 is 6.04 Å². The van der Waals surface area contributed by atoms with Crippen LogP contribution in [0.1, 0.15) is 56.2 Å². The molecule has 2 amide bonds. The van der Waals surface area contributed by atoms with Gasteiger partial charge in [0.2, 0.25) is 0 Å². The van der Waals surface area contributed by atoms with Gasteiger partial charge in [-0.25, -0.2) is 9.59 Å². The summed E-state index contributed by atoms with van der Waals surface area (Å²) in [6, 6.07) is 16.5. The molecule has 0 unspecified atom stereocenters. The van der Waals surface area contributed by atoms with E-state index in [1.54, 1.807) is 6.92 Å². The minimum Gasteiger partial charge on any atom is -0.489 e. The number of benzene rings is 2. The molecule has 1 saturated carbocycles. The average Bonchev–Trinajstić information content (AvgIpc) is 2.79. The third-order valence-corrected chi connectivity index (χ3v) is 5.78. The summed E-state index contributed by atoms with van der Waals surface area (Å²) in [5.74, 6) is 0.353. The molecule has 0 bridgehead atoms. The van der Waals surface area contributed by atoms with Crippen molar-refractivity contribution in [3.8, 4) is 5.75 Å². The van der Waals surface area contributed by atoms with E-state index in [0.717, 1.165) is 42.6 Å². The smallest absolute Gasteiger partial charge is 0.338 e. The maximum Gasteiger partial charge on any atom is 0.338 e. The predicted octanol–water partition coefficient (Wildman–Crippen LogP) is 4.77. The molecular weight excluding hydrogens is 392 g/mol. The van der Waals surface area contributed by atoms with Crippen LogP contribution >= 0.6 is 0 Å². The molecular formula is C25H28N2O4. The lowest BCUT2D eigenvalue weighted by atomic mass is 9.94. The lowest BCUT2D eigenvalue weighted by molar-refractivity contribution is -0.146. The highest BCUT2D eigenvalue weighted by Crippen LogP contribution is 2.30. The van der Waals surface area contributed by atoms with Crippen molar-refractivity contribution in [3.63, 3.8) is 0 Å². The van der Waals surface area contributed by atoms with Crippen molar-refractivity contribution in [2.45, 2.75) is 57.8 Å². The minimum atomic E-state index is -0.562. The van der Waals surface area contributed by atoms with Crippen LogP contribution in [0.3, 0.4) is 0 Å². The van der Waals surface area contributed by atoms with Gasteiger partial charge < -0.3 is 20.1 Å². The molecule has 2 aromatic rings. The summed E-state index contributed by atoms with van der Waals surface area (Å²) in [5.41, 5.74) is 2.86. The molecule has 0 saturated heterocycles. The summed E-state index contributed by atoms with van der Waals surface area (Å²) >= 11 is 0. The summed E-state index contributed by atoms with van der Waals surface area (Å²) in [7, 11) is 0. The molecule has 0 spiro atoms. The molecule has 1 heterocycles. The summed E-state index contributed by atoms with van der Waals surface area (Å²) in [6.45, 7) is 2.21. The molecule has 31 heavy (non-hydrogen) atoms. The van der Waals surface area contributed by atoms with Crippen molar-refractivity contribution in [2.24, 2.45) is 0 Å². The quantitative estimate of drug-likeness (QED) is 0.660. The first kappa shape index (κ1) is 21.0. The monoisotopic (exact) mass is 420 g/mol. The Labute approximate surface area is 182 Å². The Morgan fingerprint density at radius 1 is 1.00 bits per heavy atom. The van der Waals surface area contributed by atoms with Crippen molar-refractivity contribution in [1.82, 2.24) is 10.6 Å². The lowest BCUT2D eigenvalue weighted by Crippen LogP contribution is -2.45. The van der Waals surface area contributed by atoms with Gasteiger partial charge in [0.15, 0.2) is 0 Å². The van der Waals surface area contributed by atoms with Gasteiger partial charge in [0.1, 0.15) is 18.5 Å². The zero-order valence-corrected chi connectivity index (χ0v) is 17.7. The Morgan fingerprint density at radius 2 is 1.71 bits per heavy atom. The van der Waals surface area contributed by atoms with E-state index in [1.807, 2.05) is 54.6 Å². The van der Waals surface area contributed by atoms with E-state index in [4.69, 9.17) is 9.47 Å². The predicted molar refractivity (Wildman–Crippen MR) is 117 cm³/mol. The lowest BCUT2D eigenvalue weighted by Gasteiger charge is -2.30.